The fourth-order valence-corrected chi connectivity index (χ4v) is 1.14. The number of rotatable bonds is 5. The van der Waals surface area contributed by atoms with Gasteiger partial charge in [-0.25, -0.2) is 9.18 Å². The summed E-state index contributed by atoms with van der Waals surface area (Å²) in [7, 11) is 0. The molecule has 0 unspecified atom stereocenters. The number of anilines is 1. The number of ether oxygens (including phenoxy) is 1. The normalized spacial score (nSPS) is 12.1. The van der Waals surface area contributed by atoms with E-state index in [2.05, 4.69) is 10.1 Å². The van der Waals surface area contributed by atoms with Crippen LogP contribution in [-0.2, 0) is 9.53 Å². The van der Waals surface area contributed by atoms with Gasteiger partial charge in [-0.05, 0) is 19.1 Å². The van der Waals surface area contributed by atoms with Crippen LogP contribution in [0.1, 0.15) is 6.92 Å². The van der Waals surface area contributed by atoms with E-state index < -0.39 is 18.8 Å². The van der Waals surface area contributed by atoms with Crippen LogP contribution < -0.4 is 5.32 Å². The zero-order chi connectivity index (χ0) is 13.6. The Kier molecular flexibility index (Phi) is 4.76. The highest BCUT2D eigenvalue weighted by Gasteiger charge is 2.35. The van der Waals surface area contributed by atoms with E-state index >= 15 is 0 Å². The molecule has 0 bridgehead atoms. The van der Waals surface area contributed by atoms with E-state index in [0.717, 1.165) is 0 Å². The van der Waals surface area contributed by atoms with Crippen molar-refractivity contribution in [3.05, 3.63) is 42.1 Å². The zero-order valence-electron chi connectivity index (χ0n) is 9.62. The molecule has 1 aromatic carbocycles. The summed E-state index contributed by atoms with van der Waals surface area (Å²) in [4.78, 5) is 11.4. The van der Waals surface area contributed by atoms with E-state index in [0.29, 0.717) is 5.69 Å². The van der Waals surface area contributed by atoms with Gasteiger partial charge in [0.1, 0.15) is 5.70 Å². The number of benzene rings is 1. The number of allylic oxidation sites excluding steroid dienone is 1. The highest BCUT2D eigenvalue weighted by Crippen LogP contribution is 2.19. The largest absolute Gasteiger partial charge is 0.429 e. The molecule has 0 aromatic heterocycles. The molecule has 0 saturated heterocycles. The Morgan fingerprint density at radius 1 is 1.39 bits per heavy atom. The van der Waals surface area contributed by atoms with E-state index in [-0.39, 0.29) is 5.70 Å². The second-order valence-electron chi connectivity index (χ2n) is 3.35. The first-order chi connectivity index (χ1) is 8.48. The third kappa shape index (κ3) is 4.12. The lowest BCUT2D eigenvalue weighted by Gasteiger charge is -2.15. The fourth-order valence-electron chi connectivity index (χ4n) is 1.14. The predicted octanol–water partition coefficient (Wildman–Crippen LogP) is 3.11. The first kappa shape index (κ1) is 14.1. The summed E-state index contributed by atoms with van der Waals surface area (Å²) < 4.78 is 40.7. The summed E-state index contributed by atoms with van der Waals surface area (Å²) in [5, 5.41) is 2.61. The Hall–Kier alpha value is -1.98. The van der Waals surface area contributed by atoms with Gasteiger partial charge in [0, 0.05) is 5.69 Å². The molecular weight excluding hydrogens is 247 g/mol. The van der Waals surface area contributed by atoms with E-state index in [1.165, 1.54) is 13.0 Å². The van der Waals surface area contributed by atoms with Crippen molar-refractivity contribution in [1.29, 1.82) is 0 Å². The quantitative estimate of drug-likeness (QED) is 0.652. The lowest BCUT2D eigenvalue weighted by atomic mass is 10.3. The minimum atomic E-state index is -4.11. The molecule has 0 aliphatic heterocycles. The van der Waals surface area contributed by atoms with Crippen molar-refractivity contribution in [2.45, 2.75) is 13.0 Å². The van der Waals surface area contributed by atoms with Gasteiger partial charge < -0.3 is 10.1 Å². The van der Waals surface area contributed by atoms with Crippen molar-refractivity contribution < 1.29 is 22.7 Å². The van der Waals surface area contributed by atoms with Gasteiger partial charge in [-0.3, -0.25) is 0 Å². The highest BCUT2D eigenvalue weighted by molar-refractivity contribution is 5.91. The molecule has 6 heteroatoms. The molecule has 0 heterocycles. The topological polar surface area (TPSA) is 38.3 Å². The average molecular weight is 259 g/mol. The number of nitrogens with one attached hydrogen (secondary N) is 1. The van der Waals surface area contributed by atoms with Gasteiger partial charge in [-0.2, -0.15) is 8.78 Å². The van der Waals surface area contributed by atoms with Crippen LogP contribution in [0.5, 0.6) is 0 Å². The number of hydrogen-bond donors (Lipinski definition) is 1. The van der Waals surface area contributed by atoms with Gasteiger partial charge in [0.25, 0.3) is 0 Å². The predicted molar refractivity (Wildman–Crippen MR) is 60.8 cm³/mol. The van der Waals surface area contributed by atoms with Gasteiger partial charge in [-0.1, -0.05) is 24.3 Å². The number of alkyl halides is 3. The molecule has 0 radical (unpaired) electrons. The first-order valence-electron chi connectivity index (χ1n) is 5.14. The van der Waals surface area contributed by atoms with Gasteiger partial charge >= 0.3 is 12.1 Å². The monoisotopic (exact) mass is 259 g/mol. The minimum Gasteiger partial charge on any atom is -0.394 e. The lowest BCUT2D eigenvalue weighted by molar-refractivity contribution is -0.234. The second kappa shape index (κ2) is 6.09. The molecule has 0 spiro atoms. The van der Waals surface area contributed by atoms with Crippen LogP contribution >= 0.6 is 0 Å². The van der Waals surface area contributed by atoms with Crippen LogP contribution in [0.15, 0.2) is 42.1 Å². The minimum absolute atomic E-state index is 0.186. The Morgan fingerprint density at radius 2 is 2.00 bits per heavy atom. The van der Waals surface area contributed by atoms with Gasteiger partial charge in [0.2, 0.25) is 0 Å². The van der Waals surface area contributed by atoms with Crippen molar-refractivity contribution in [1.82, 2.24) is 0 Å². The van der Waals surface area contributed by atoms with E-state index in [4.69, 9.17) is 0 Å². The molecule has 0 saturated carbocycles. The number of carbonyl (C=O) groups excluding carboxylic acids is 1. The summed E-state index contributed by atoms with van der Waals surface area (Å²) in [5.41, 5.74) is 0.348. The van der Waals surface area contributed by atoms with Crippen molar-refractivity contribution in [3.8, 4) is 0 Å². The third-order valence-electron chi connectivity index (χ3n) is 1.96. The standard InChI is InChI=1S/C12H12F3NO2/c1-2-10(11(17)18-12(14,15)8-13)16-9-6-4-3-5-7-9/h2-7,16H,8H2,1H3/b10-2-. The molecule has 0 fully saturated rings. The number of carbonyl (C=O) groups is 1. The molecule has 0 aliphatic rings. The van der Waals surface area contributed by atoms with Crippen molar-refractivity contribution in [3.63, 3.8) is 0 Å². The third-order valence-corrected chi connectivity index (χ3v) is 1.96. The summed E-state index contributed by atoms with van der Waals surface area (Å²) in [6, 6.07) is 8.46. The Bertz CT molecular complexity index is 432. The summed E-state index contributed by atoms with van der Waals surface area (Å²) in [6.07, 6.45) is -2.84. The molecule has 1 rings (SSSR count). The maximum Gasteiger partial charge on any atom is 0.429 e. The smallest absolute Gasteiger partial charge is 0.394 e. The Balaban J connectivity index is 2.71. The SMILES string of the molecule is C/C=C(\Nc1ccccc1)C(=O)OC(F)(F)CF. The molecule has 1 aromatic rings. The maximum absolute atomic E-state index is 12.6. The summed E-state index contributed by atoms with van der Waals surface area (Å²) in [5.74, 6) is -1.32. The molecule has 1 N–H and O–H groups in total. The molecule has 0 amide bonds. The van der Waals surface area contributed by atoms with Crippen LogP contribution in [0, 0.1) is 0 Å². The molecule has 3 nitrogen and oxygen atoms in total. The average Bonchev–Trinajstić information content (AvgIpc) is 2.36. The second-order valence-corrected chi connectivity index (χ2v) is 3.35. The van der Waals surface area contributed by atoms with Crippen LogP contribution in [-0.4, -0.2) is 18.8 Å². The molecule has 98 valence electrons. The van der Waals surface area contributed by atoms with Crippen LogP contribution in [0.25, 0.3) is 0 Å². The molecular formula is C12H12F3NO2. The van der Waals surface area contributed by atoms with Gasteiger partial charge in [0.15, 0.2) is 6.67 Å². The molecule has 0 atom stereocenters. The highest BCUT2D eigenvalue weighted by atomic mass is 19.3. The number of para-hydroxylation sites is 1. The fraction of sp³-hybridized carbons (Fsp3) is 0.250. The molecule has 0 aliphatic carbocycles. The van der Waals surface area contributed by atoms with Crippen molar-refractivity contribution >= 4 is 11.7 Å². The number of esters is 1. The summed E-state index contributed by atoms with van der Waals surface area (Å²) in [6.45, 7) is -0.582. The lowest BCUT2D eigenvalue weighted by Crippen LogP contribution is -2.29. The van der Waals surface area contributed by atoms with E-state index in [1.807, 2.05) is 0 Å². The van der Waals surface area contributed by atoms with Crippen LogP contribution in [0.4, 0.5) is 18.9 Å². The number of hydrogen-bond acceptors (Lipinski definition) is 3. The van der Waals surface area contributed by atoms with E-state index in [1.54, 1.807) is 30.3 Å². The van der Waals surface area contributed by atoms with Gasteiger partial charge in [-0.15, -0.1) is 0 Å². The van der Waals surface area contributed by atoms with Crippen molar-refractivity contribution in [2.24, 2.45) is 0 Å². The summed E-state index contributed by atoms with van der Waals surface area (Å²) >= 11 is 0. The number of halogens is 3. The van der Waals surface area contributed by atoms with Crippen molar-refractivity contribution in [2.75, 3.05) is 12.0 Å². The molecule has 18 heavy (non-hydrogen) atoms. The van der Waals surface area contributed by atoms with Crippen LogP contribution in [0.3, 0.4) is 0 Å². The van der Waals surface area contributed by atoms with E-state index in [9.17, 15) is 18.0 Å². The van der Waals surface area contributed by atoms with Gasteiger partial charge in [0.05, 0.1) is 0 Å². The maximum atomic E-state index is 12.6. The Labute approximate surface area is 102 Å². The van der Waals surface area contributed by atoms with Crippen LogP contribution in [0.2, 0.25) is 0 Å². The first-order valence-corrected chi connectivity index (χ1v) is 5.14. The Morgan fingerprint density at radius 3 is 2.50 bits per heavy atom. The zero-order valence-corrected chi connectivity index (χ0v) is 9.62.